The van der Waals surface area contributed by atoms with Gasteiger partial charge in [-0.1, -0.05) is 48.5 Å². The number of hydrogen-bond donors (Lipinski definition) is 0. The normalized spacial score (nSPS) is 15.8. The van der Waals surface area contributed by atoms with Crippen LogP contribution in [0.5, 0.6) is 46.0 Å². The van der Waals surface area contributed by atoms with E-state index in [4.69, 9.17) is 37.9 Å². The Morgan fingerprint density at radius 2 is 0.568 bits per heavy atom. The fourth-order valence-corrected chi connectivity index (χ4v) is 5.88. The summed E-state index contributed by atoms with van der Waals surface area (Å²) in [5, 5.41) is 0. The summed E-state index contributed by atoms with van der Waals surface area (Å²) in [5.41, 5.74) is 4.11. The zero-order valence-electron chi connectivity index (χ0n) is 19.6. The standard InChI is InChI=1S/C28H20BO8/c1-5-21-25(34-13-30-21)9-17(1)29(18-2-6-22-26(10-18)35-14-31-22,19-3-7-23-27(11-19)36-15-32-23)20-4-8-24-28(12-20)37-16-33-24/h1-12H,13-16H2/q-1. The predicted molar refractivity (Wildman–Crippen MR) is 135 cm³/mol. The van der Waals surface area contributed by atoms with Crippen molar-refractivity contribution in [3.63, 3.8) is 0 Å². The molecule has 9 heteroatoms. The lowest BCUT2D eigenvalue weighted by Crippen LogP contribution is -2.74. The highest BCUT2D eigenvalue weighted by Gasteiger charge is 2.36. The fraction of sp³-hybridized carbons (Fsp3) is 0.143. The Hall–Kier alpha value is -4.66. The average Bonchev–Trinajstić information content (AvgIpc) is 3.74. The van der Waals surface area contributed by atoms with Gasteiger partial charge >= 0.3 is 0 Å². The zero-order valence-corrected chi connectivity index (χ0v) is 19.6. The van der Waals surface area contributed by atoms with Gasteiger partial charge in [0.25, 0.3) is 0 Å². The third-order valence-electron chi connectivity index (χ3n) is 7.59. The second kappa shape index (κ2) is 7.67. The van der Waals surface area contributed by atoms with Gasteiger partial charge in [0, 0.05) is 0 Å². The Morgan fingerprint density at radius 3 is 0.838 bits per heavy atom. The SMILES string of the molecule is c1cc2c(cc1[B-](c1ccc3c(c1)OCO3)(c1ccc3c(c1)OCO3)c1ccc3c(c1)OCO3)OCO2. The largest absolute Gasteiger partial charge is 0.454 e. The summed E-state index contributed by atoms with van der Waals surface area (Å²) in [5.74, 6) is 5.67. The van der Waals surface area contributed by atoms with Crippen LogP contribution in [0.1, 0.15) is 0 Å². The van der Waals surface area contributed by atoms with Crippen LogP contribution in [0.4, 0.5) is 0 Å². The van der Waals surface area contributed by atoms with Gasteiger partial charge in [0.15, 0.2) is 46.0 Å². The molecule has 0 atom stereocenters. The van der Waals surface area contributed by atoms with Crippen LogP contribution in [-0.2, 0) is 0 Å². The molecule has 0 aliphatic carbocycles. The highest BCUT2D eigenvalue weighted by atomic mass is 16.7. The molecule has 0 N–H and O–H groups in total. The van der Waals surface area contributed by atoms with Crippen molar-refractivity contribution in [3.05, 3.63) is 72.8 Å². The van der Waals surface area contributed by atoms with Gasteiger partial charge in [0.05, 0.1) is 0 Å². The first-order chi connectivity index (χ1) is 18.3. The first-order valence-electron chi connectivity index (χ1n) is 12.0. The minimum absolute atomic E-state index is 0.191. The molecule has 4 aliphatic rings. The molecule has 4 aromatic carbocycles. The Balaban J connectivity index is 1.46. The Kier molecular flexibility index (Phi) is 4.26. The molecule has 0 fully saturated rings. The summed E-state index contributed by atoms with van der Waals surface area (Å²) in [6.07, 6.45) is -1.81. The van der Waals surface area contributed by atoms with Gasteiger partial charge in [0.1, 0.15) is 6.15 Å². The minimum Gasteiger partial charge on any atom is -0.454 e. The van der Waals surface area contributed by atoms with Gasteiger partial charge in [-0.3, -0.25) is 0 Å². The molecule has 0 amide bonds. The van der Waals surface area contributed by atoms with Crippen LogP contribution in [0.2, 0.25) is 0 Å². The minimum atomic E-state index is -1.81. The molecule has 37 heavy (non-hydrogen) atoms. The van der Waals surface area contributed by atoms with Crippen molar-refractivity contribution in [2.75, 3.05) is 27.2 Å². The quantitative estimate of drug-likeness (QED) is 0.398. The molecule has 4 aliphatic heterocycles. The van der Waals surface area contributed by atoms with Gasteiger partial charge in [-0.05, 0) is 24.3 Å². The molecule has 4 aromatic rings. The van der Waals surface area contributed by atoms with Crippen LogP contribution in [0.15, 0.2) is 72.8 Å². The lowest BCUT2D eigenvalue weighted by molar-refractivity contribution is 0.173. The Morgan fingerprint density at radius 1 is 0.324 bits per heavy atom. The maximum absolute atomic E-state index is 5.82. The summed E-state index contributed by atoms with van der Waals surface area (Å²) in [6, 6.07) is 24.4. The molecule has 184 valence electrons. The molecule has 0 radical (unpaired) electrons. The van der Waals surface area contributed by atoms with Crippen molar-refractivity contribution in [3.8, 4) is 46.0 Å². The Bertz CT molecular complexity index is 1330. The molecule has 8 rings (SSSR count). The van der Waals surface area contributed by atoms with Crippen molar-refractivity contribution < 1.29 is 37.9 Å². The summed E-state index contributed by atoms with van der Waals surface area (Å²) in [6.45, 7) is 0.765. The monoisotopic (exact) mass is 495 g/mol. The van der Waals surface area contributed by atoms with E-state index < -0.39 is 6.15 Å². The molecule has 0 spiro atoms. The van der Waals surface area contributed by atoms with Crippen LogP contribution < -0.4 is 59.7 Å². The number of hydrogen-bond acceptors (Lipinski definition) is 8. The highest BCUT2D eigenvalue weighted by Crippen LogP contribution is 2.36. The predicted octanol–water partition coefficient (Wildman–Crippen LogP) is 1.98. The van der Waals surface area contributed by atoms with E-state index >= 15 is 0 Å². The molecule has 0 saturated heterocycles. The van der Waals surface area contributed by atoms with E-state index in [1.165, 1.54) is 0 Å². The smallest absolute Gasteiger partial charge is 0.231 e. The third kappa shape index (κ3) is 2.97. The lowest BCUT2D eigenvalue weighted by atomic mass is 9.13. The maximum atomic E-state index is 5.82. The van der Waals surface area contributed by atoms with E-state index in [1.54, 1.807) is 0 Å². The molecule has 0 aromatic heterocycles. The number of benzene rings is 4. The molecule has 0 unspecified atom stereocenters. The molecule has 8 nitrogen and oxygen atoms in total. The molecular weight excluding hydrogens is 475 g/mol. The van der Waals surface area contributed by atoms with E-state index in [1.807, 2.05) is 24.3 Å². The topological polar surface area (TPSA) is 73.8 Å². The first kappa shape index (κ1) is 20.5. The summed E-state index contributed by atoms with van der Waals surface area (Å²) in [7, 11) is 0. The maximum Gasteiger partial charge on any atom is 0.231 e. The van der Waals surface area contributed by atoms with Crippen LogP contribution >= 0.6 is 0 Å². The van der Waals surface area contributed by atoms with Crippen molar-refractivity contribution in [1.82, 2.24) is 0 Å². The number of ether oxygens (including phenoxy) is 8. The first-order valence-corrected chi connectivity index (χ1v) is 12.0. The van der Waals surface area contributed by atoms with Crippen LogP contribution in [-0.4, -0.2) is 33.3 Å². The summed E-state index contributed by atoms with van der Waals surface area (Å²) in [4.78, 5) is 0. The van der Waals surface area contributed by atoms with Crippen molar-refractivity contribution in [2.24, 2.45) is 0 Å². The van der Waals surface area contributed by atoms with Crippen LogP contribution in [0.3, 0.4) is 0 Å². The van der Waals surface area contributed by atoms with Crippen molar-refractivity contribution in [2.45, 2.75) is 0 Å². The summed E-state index contributed by atoms with van der Waals surface area (Å²) < 4.78 is 45.8. The zero-order chi connectivity index (χ0) is 24.4. The third-order valence-corrected chi connectivity index (χ3v) is 7.59. The van der Waals surface area contributed by atoms with Gasteiger partial charge in [-0.15, -0.1) is 0 Å². The second-order valence-corrected chi connectivity index (χ2v) is 9.32. The van der Waals surface area contributed by atoms with E-state index in [0.717, 1.165) is 44.8 Å². The van der Waals surface area contributed by atoms with Crippen molar-refractivity contribution >= 4 is 28.0 Å². The highest BCUT2D eigenvalue weighted by molar-refractivity contribution is 7.20. The van der Waals surface area contributed by atoms with Gasteiger partial charge < -0.3 is 37.9 Å². The van der Waals surface area contributed by atoms with Crippen LogP contribution in [0.25, 0.3) is 0 Å². The molecule has 4 heterocycles. The van der Waals surface area contributed by atoms with E-state index in [0.29, 0.717) is 23.0 Å². The van der Waals surface area contributed by atoms with Crippen molar-refractivity contribution in [1.29, 1.82) is 0 Å². The van der Waals surface area contributed by atoms with Gasteiger partial charge in [-0.25, -0.2) is 0 Å². The average molecular weight is 495 g/mol. The van der Waals surface area contributed by atoms with Crippen LogP contribution in [0, 0.1) is 0 Å². The van der Waals surface area contributed by atoms with Gasteiger partial charge in [0.2, 0.25) is 27.2 Å². The fourth-order valence-electron chi connectivity index (χ4n) is 5.88. The van der Waals surface area contributed by atoms with E-state index in [2.05, 4.69) is 48.5 Å². The van der Waals surface area contributed by atoms with Gasteiger partial charge in [-0.2, -0.15) is 21.9 Å². The number of fused-ring (bicyclic) bond motifs is 4. The van der Waals surface area contributed by atoms with E-state index in [9.17, 15) is 0 Å². The molecule has 0 saturated carbocycles. The lowest BCUT2D eigenvalue weighted by Gasteiger charge is -2.44. The Labute approximate surface area is 212 Å². The summed E-state index contributed by atoms with van der Waals surface area (Å²) >= 11 is 0. The molecular formula is C28H20BO8-. The second-order valence-electron chi connectivity index (χ2n) is 9.32. The van der Waals surface area contributed by atoms with E-state index in [-0.39, 0.29) is 27.2 Å². The number of rotatable bonds is 4. The molecule has 0 bridgehead atoms.